The van der Waals surface area contributed by atoms with Gasteiger partial charge in [-0.05, 0) is 31.9 Å². The van der Waals surface area contributed by atoms with E-state index in [2.05, 4.69) is 0 Å². The number of ether oxygens (including phenoxy) is 1. The van der Waals surface area contributed by atoms with Crippen LogP contribution in [0.25, 0.3) is 0 Å². The fourth-order valence-electron chi connectivity index (χ4n) is 2.50. The fourth-order valence-corrected chi connectivity index (χ4v) is 4.05. The van der Waals surface area contributed by atoms with Gasteiger partial charge in [0.25, 0.3) is 0 Å². The molecule has 21 heavy (non-hydrogen) atoms. The highest BCUT2D eigenvalue weighted by molar-refractivity contribution is 7.89. The van der Waals surface area contributed by atoms with E-state index in [0.29, 0.717) is 12.3 Å². The molecular weight excluding hydrogens is 312 g/mol. The second kappa shape index (κ2) is 7.98. The lowest BCUT2D eigenvalue weighted by Crippen LogP contribution is -2.49. The third-order valence-corrected chi connectivity index (χ3v) is 5.51. The Balaban J connectivity index is 0.00000220. The Bertz CT molecular complexity index is 524. The van der Waals surface area contributed by atoms with E-state index in [-0.39, 0.29) is 36.9 Å². The zero-order valence-corrected chi connectivity index (χ0v) is 13.8. The summed E-state index contributed by atoms with van der Waals surface area (Å²) in [5.41, 5.74) is 5.86. The molecular formula is C14H23ClN2O3S. The van der Waals surface area contributed by atoms with Gasteiger partial charge in [-0.1, -0.05) is 18.2 Å². The van der Waals surface area contributed by atoms with Gasteiger partial charge >= 0.3 is 0 Å². The summed E-state index contributed by atoms with van der Waals surface area (Å²) in [6.07, 6.45) is 1.45. The van der Waals surface area contributed by atoms with Crippen LogP contribution in [-0.4, -0.2) is 43.7 Å². The lowest BCUT2D eigenvalue weighted by molar-refractivity contribution is 0.244. The van der Waals surface area contributed by atoms with Gasteiger partial charge in [-0.2, -0.15) is 4.31 Å². The number of para-hydroxylation sites is 1. The van der Waals surface area contributed by atoms with Crippen LogP contribution in [0.4, 0.5) is 0 Å². The Hall–Kier alpha value is -0.820. The first-order valence-corrected chi connectivity index (χ1v) is 8.53. The van der Waals surface area contributed by atoms with Crippen LogP contribution in [0.5, 0.6) is 5.75 Å². The minimum absolute atomic E-state index is 0. The van der Waals surface area contributed by atoms with E-state index in [0.717, 1.165) is 12.8 Å². The molecule has 1 aliphatic rings. The van der Waals surface area contributed by atoms with Gasteiger partial charge in [0, 0.05) is 18.6 Å². The Kier molecular flexibility index (Phi) is 6.93. The van der Waals surface area contributed by atoms with E-state index in [9.17, 15) is 8.42 Å². The predicted octanol–water partition coefficient (Wildman–Crippen LogP) is 1.63. The van der Waals surface area contributed by atoms with Gasteiger partial charge in [-0.3, -0.25) is 0 Å². The molecule has 0 bridgehead atoms. The predicted molar refractivity (Wildman–Crippen MR) is 86.3 cm³/mol. The second-order valence-corrected chi connectivity index (χ2v) is 7.26. The lowest BCUT2D eigenvalue weighted by atomic mass is 10.0. The summed E-state index contributed by atoms with van der Waals surface area (Å²) in [5.74, 6) is 0.693. The van der Waals surface area contributed by atoms with Gasteiger partial charge in [-0.15, -0.1) is 12.4 Å². The third-order valence-electron chi connectivity index (χ3n) is 3.57. The highest BCUT2D eigenvalue weighted by Crippen LogP contribution is 2.20. The summed E-state index contributed by atoms with van der Waals surface area (Å²) < 4.78 is 31.6. The zero-order valence-electron chi connectivity index (χ0n) is 12.1. The van der Waals surface area contributed by atoms with Gasteiger partial charge in [0.2, 0.25) is 10.0 Å². The van der Waals surface area contributed by atoms with Crippen LogP contribution in [0.1, 0.15) is 19.8 Å². The molecule has 7 heteroatoms. The molecule has 1 aliphatic heterocycles. The summed E-state index contributed by atoms with van der Waals surface area (Å²) in [6.45, 7) is 2.59. The smallest absolute Gasteiger partial charge is 0.217 e. The maximum absolute atomic E-state index is 12.3. The molecule has 0 aliphatic carbocycles. The van der Waals surface area contributed by atoms with E-state index in [1.807, 2.05) is 37.3 Å². The number of piperidine rings is 1. The van der Waals surface area contributed by atoms with Crippen molar-refractivity contribution in [3.8, 4) is 5.75 Å². The van der Waals surface area contributed by atoms with Gasteiger partial charge < -0.3 is 10.5 Å². The number of hydrogen-bond acceptors (Lipinski definition) is 4. The average molecular weight is 335 g/mol. The van der Waals surface area contributed by atoms with Crippen molar-refractivity contribution in [2.45, 2.75) is 31.8 Å². The molecule has 2 atom stereocenters. The van der Waals surface area contributed by atoms with Crippen LogP contribution in [0.2, 0.25) is 0 Å². The number of nitrogens with two attached hydrogens (primary N) is 1. The number of benzene rings is 1. The van der Waals surface area contributed by atoms with E-state index in [1.165, 1.54) is 0 Å². The lowest BCUT2D eigenvalue weighted by Gasteiger charge is -2.35. The first kappa shape index (κ1) is 18.2. The van der Waals surface area contributed by atoms with Crippen LogP contribution in [0.15, 0.2) is 30.3 Å². The van der Waals surface area contributed by atoms with Gasteiger partial charge in [-0.25, -0.2) is 8.42 Å². The standard InChI is InChI=1S/C14H22N2O3S.ClH/c1-12-11-13(15)7-8-16(12)20(17,18)10-9-19-14-5-3-2-4-6-14;/h2-6,12-13H,7-11,15H2,1H3;1H/t12-,13+;/m1./s1. The molecule has 1 fully saturated rings. The molecule has 1 aromatic carbocycles. The number of rotatable bonds is 5. The molecule has 0 radical (unpaired) electrons. The van der Waals surface area contributed by atoms with Crippen molar-refractivity contribution < 1.29 is 13.2 Å². The molecule has 0 aromatic heterocycles. The first-order valence-electron chi connectivity index (χ1n) is 6.92. The van der Waals surface area contributed by atoms with Crippen LogP contribution in [-0.2, 0) is 10.0 Å². The van der Waals surface area contributed by atoms with Crippen molar-refractivity contribution in [1.29, 1.82) is 0 Å². The monoisotopic (exact) mass is 334 g/mol. The Morgan fingerprint density at radius 3 is 2.62 bits per heavy atom. The molecule has 2 rings (SSSR count). The quantitative estimate of drug-likeness (QED) is 0.888. The maximum atomic E-state index is 12.3. The summed E-state index contributed by atoms with van der Waals surface area (Å²) in [5, 5.41) is 0. The molecule has 1 saturated heterocycles. The van der Waals surface area contributed by atoms with Crippen molar-refractivity contribution in [2.75, 3.05) is 18.9 Å². The van der Waals surface area contributed by atoms with Crippen molar-refractivity contribution in [1.82, 2.24) is 4.31 Å². The van der Waals surface area contributed by atoms with E-state index >= 15 is 0 Å². The van der Waals surface area contributed by atoms with Crippen LogP contribution in [0, 0.1) is 0 Å². The largest absolute Gasteiger partial charge is 0.492 e. The average Bonchev–Trinajstić information content (AvgIpc) is 2.39. The minimum Gasteiger partial charge on any atom is -0.492 e. The van der Waals surface area contributed by atoms with Crippen LogP contribution >= 0.6 is 12.4 Å². The van der Waals surface area contributed by atoms with Crippen LogP contribution in [0.3, 0.4) is 0 Å². The van der Waals surface area contributed by atoms with Gasteiger partial charge in [0.05, 0.1) is 5.75 Å². The zero-order chi connectivity index (χ0) is 14.6. The van der Waals surface area contributed by atoms with Gasteiger partial charge in [0.15, 0.2) is 0 Å². The Labute approximate surface area is 132 Å². The summed E-state index contributed by atoms with van der Waals surface area (Å²) in [7, 11) is -3.27. The van der Waals surface area contributed by atoms with Crippen molar-refractivity contribution in [2.24, 2.45) is 5.73 Å². The summed E-state index contributed by atoms with van der Waals surface area (Å²) in [6, 6.07) is 9.32. The maximum Gasteiger partial charge on any atom is 0.217 e. The molecule has 1 aromatic rings. The second-order valence-electron chi connectivity index (χ2n) is 5.22. The van der Waals surface area contributed by atoms with Crippen molar-refractivity contribution >= 4 is 22.4 Å². The normalized spacial score (nSPS) is 23.3. The number of nitrogens with zero attached hydrogens (tertiary/aromatic N) is 1. The molecule has 0 saturated carbocycles. The molecule has 2 N–H and O–H groups in total. The molecule has 5 nitrogen and oxygen atoms in total. The molecule has 0 spiro atoms. The Morgan fingerprint density at radius 2 is 2.00 bits per heavy atom. The minimum atomic E-state index is -3.27. The van der Waals surface area contributed by atoms with E-state index in [4.69, 9.17) is 10.5 Å². The van der Waals surface area contributed by atoms with Crippen LogP contribution < -0.4 is 10.5 Å². The topological polar surface area (TPSA) is 72.6 Å². The van der Waals surface area contributed by atoms with Crippen molar-refractivity contribution in [3.63, 3.8) is 0 Å². The molecule has 0 unspecified atom stereocenters. The summed E-state index contributed by atoms with van der Waals surface area (Å²) in [4.78, 5) is 0. The highest BCUT2D eigenvalue weighted by Gasteiger charge is 2.31. The number of halogens is 1. The summed E-state index contributed by atoms with van der Waals surface area (Å²) >= 11 is 0. The number of hydrogen-bond donors (Lipinski definition) is 1. The highest BCUT2D eigenvalue weighted by atomic mass is 35.5. The first-order chi connectivity index (χ1) is 9.49. The SMILES string of the molecule is C[C@@H]1C[C@@H](N)CCN1S(=O)(=O)CCOc1ccccc1.Cl. The molecule has 1 heterocycles. The van der Waals surface area contributed by atoms with Gasteiger partial charge in [0.1, 0.15) is 12.4 Å². The van der Waals surface area contributed by atoms with E-state index < -0.39 is 10.0 Å². The molecule has 0 amide bonds. The Morgan fingerprint density at radius 1 is 1.33 bits per heavy atom. The third kappa shape index (κ3) is 5.14. The van der Waals surface area contributed by atoms with Crippen molar-refractivity contribution in [3.05, 3.63) is 30.3 Å². The fraction of sp³-hybridized carbons (Fsp3) is 0.571. The molecule has 120 valence electrons. The number of sulfonamides is 1. The van der Waals surface area contributed by atoms with E-state index in [1.54, 1.807) is 4.31 Å².